The fourth-order valence-electron chi connectivity index (χ4n) is 3.20. The van der Waals surface area contributed by atoms with E-state index in [0.717, 1.165) is 42.1 Å². The Bertz CT molecular complexity index is 547. The normalized spacial score (nSPS) is 21.1. The van der Waals surface area contributed by atoms with Crippen molar-refractivity contribution >= 4 is 17.6 Å². The van der Waals surface area contributed by atoms with Crippen LogP contribution in [0.2, 0.25) is 5.02 Å². The van der Waals surface area contributed by atoms with Gasteiger partial charge in [0.25, 0.3) is 0 Å². The first-order chi connectivity index (χ1) is 10.2. The van der Waals surface area contributed by atoms with Gasteiger partial charge in [-0.3, -0.25) is 9.69 Å². The van der Waals surface area contributed by atoms with Crippen molar-refractivity contribution in [3.8, 4) is 5.75 Å². The zero-order chi connectivity index (χ0) is 14.8. The van der Waals surface area contributed by atoms with Crippen LogP contribution in [-0.4, -0.2) is 36.7 Å². The summed E-state index contributed by atoms with van der Waals surface area (Å²) >= 11 is 6.20. The lowest BCUT2D eigenvalue weighted by Crippen LogP contribution is -2.36. The maximum absolute atomic E-state index is 12.0. The molecule has 21 heavy (non-hydrogen) atoms. The summed E-state index contributed by atoms with van der Waals surface area (Å²) in [7, 11) is 0. The van der Waals surface area contributed by atoms with E-state index in [0.29, 0.717) is 19.8 Å². The molecule has 114 valence electrons. The molecule has 1 atom stereocenters. The average Bonchev–Trinajstić information content (AvgIpc) is 3.07. The molecule has 0 spiro atoms. The van der Waals surface area contributed by atoms with Gasteiger partial charge in [-0.15, -0.1) is 0 Å². The van der Waals surface area contributed by atoms with Crippen LogP contribution in [0.4, 0.5) is 0 Å². The molecule has 4 nitrogen and oxygen atoms in total. The van der Waals surface area contributed by atoms with Gasteiger partial charge in [-0.1, -0.05) is 11.6 Å². The van der Waals surface area contributed by atoms with Crippen LogP contribution < -0.4 is 4.74 Å². The van der Waals surface area contributed by atoms with E-state index < -0.39 is 0 Å². The number of halogens is 1. The van der Waals surface area contributed by atoms with Gasteiger partial charge < -0.3 is 9.47 Å². The summed E-state index contributed by atoms with van der Waals surface area (Å²) in [6, 6.07) is 3.79. The van der Waals surface area contributed by atoms with Crippen LogP contribution in [0.5, 0.6) is 5.75 Å². The number of ether oxygens (including phenoxy) is 2. The van der Waals surface area contributed by atoms with Gasteiger partial charge in [-0.2, -0.15) is 0 Å². The molecule has 0 aromatic heterocycles. The third-order valence-electron chi connectivity index (χ3n) is 4.12. The van der Waals surface area contributed by atoms with E-state index in [4.69, 9.17) is 21.1 Å². The summed E-state index contributed by atoms with van der Waals surface area (Å²) < 4.78 is 10.9. The lowest BCUT2D eigenvalue weighted by Gasteiger charge is -2.23. The Balaban J connectivity index is 1.79. The molecule has 2 heterocycles. The van der Waals surface area contributed by atoms with Gasteiger partial charge >= 0.3 is 5.97 Å². The monoisotopic (exact) mass is 309 g/mol. The zero-order valence-corrected chi connectivity index (χ0v) is 13.0. The van der Waals surface area contributed by atoms with Gasteiger partial charge in [-0.05, 0) is 44.0 Å². The quantitative estimate of drug-likeness (QED) is 0.802. The van der Waals surface area contributed by atoms with Crippen LogP contribution in [0.1, 0.15) is 30.9 Å². The molecular formula is C16H20ClNO3. The minimum Gasteiger partial charge on any atom is -0.493 e. The average molecular weight is 310 g/mol. The molecule has 1 saturated heterocycles. The molecule has 5 heteroatoms. The Hall–Kier alpha value is -1.26. The molecular weight excluding hydrogens is 290 g/mol. The van der Waals surface area contributed by atoms with Crippen molar-refractivity contribution < 1.29 is 14.3 Å². The van der Waals surface area contributed by atoms with E-state index in [1.54, 1.807) is 0 Å². The minimum atomic E-state index is -0.138. The number of nitrogens with zero attached hydrogens (tertiary/aromatic N) is 1. The van der Waals surface area contributed by atoms with Gasteiger partial charge in [0, 0.05) is 23.6 Å². The summed E-state index contributed by atoms with van der Waals surface area (Å²) in [5.74, 6) is 0.837. The second-order valence-electron chi connectivity index (χ2n) is 5.53. The molecule has 1 fully saturated rings. The van der Waals surface area contributed by atoms with Crippen LogP contribution in [-0.2, 0) is 22.5 Å². The first-order valence-electron chi connectivity index (χ1n) is 7.54. The number of hydrogen-bond acceptors (Lipinski definition) is 4. The summed E-state index contributed by atoms with van der Waals surface area (Å²) in [6.45, 7) is 4.58. The molecule has 2 aliphatic rings. The third-order valence-corrected chi connectivity index (χ3v) is 4.34. The molecule has 1 unspecified atom stereocenters. The van der Waals surface area contributed by atoms with Gasteiger partial charge in [-0.25, -0.2) is 0 Å². The molecule has 0 radical (unpaired) electrons. The van der Waals surface area contributed by atoms with Gasteiger partial charge in [0.1, 0.15) is 11.8 Å². The number of fused-ring (bicyclic) bond motifs is 1. The van der Waals surface area contributed by atoms with Crippen LogP contribution in [0, 0.1) is 0 Å². The fourth-order valence-corrected chi connectivity index (χ4v) is 3.47. The number of hydrogen-bond donors (Lipinski definition) is 0. The molecule has 1 aromatic carbocycles. The summed E-state index contributed by atoms with van der Waals surface area (Å²) in [5, 5.41) is 0.737. The van der Waals surface area contributed by atoms with E-state index >= 15 is 0 Å². The summed E-state index contributed by atoms with van der Waals surface area (Å²) in [4.78, 5) is 14.2. The third kappa shape index (κ3) is 3.01. The van der Waals surface area contributed by atoms with Crippen molar-refractivity contribution in [1.29, 1.82) is 0 Å². The van der Waals surface area contributed by atoms with Crippen molar-refractivity contribution in [1.82, 2.24) is 4.90 Å². The Morgan fingerprint density at radius 2 is 2.38 bits per heavy atom. The molecule has 3 rings (SSSR count). The number of benzene rings is 1. The van der Waals surface area contributed by atoms with Crippen LogP contribution >= 0.6 is 11.6 Å². The molecule has 1 aromatic rings. The van der Waals surface area contributed by atoms with E-state index in [1.807, 2.05) is 19.1 Å². The first kappa shape index (κ1) is 14.7. The highest BCUT2D eigenvalue weighted by Gasteiger charge is 2.32. The highest BCUT2D eigenvalue weighted by Crippen LogP contribution is 2.34. The second kappa shape index (κ2) is 6.24. The van der Waals surface area contributed by atoms with E-state index in [-0.39, 0.29) is 12.0 Å². The summed E-state index contributed by atoms with van der Waals surface area (Å²) in [6.07, 6.45) is 2.79. The SMILES string of the molecule is CCOC(=O)C1CCCN1Cc1cc(Cl)cc2c1OCC2. The smallest absolute Gasteiger partial charge is 0.323 e. The summed E-state index contributed by atoms with van der Waals surface area (Å²) in [5.41, 5.74) is 2.25. The van der Waals surface area contributed by atoms with Gasteiger partial charge in [0.05, 0.1) is 13.2 Å². The van der Waals surface area contributed by atoms with Crippen molar-refractivity contribution in [2.75, 3.05) is 19.8 Å². The molecule has 0 amide bonds. The number of likely N-dealkylation sites (tertiary alicyclic amines) is 1. The predicted molar refractivity (Wildman–Crippen MR) is 80.7 cm³/mol. The fraction of sp³-hybridized carbons (Fsp3) is 0.562. The highest BCUT2D eigenvalue weighted by molar-refractivity contribution is 6.30. The maximum Gasteiger partial charge on any atom is 0.323 e. The Kier molecular flexibility index (Phi) is 4.36. The van der Waals surface area contributed by atoms with Gasteiger partial charge in [0.2, 0.25) is 0 Å². The lowest BCUT2D eigenvalue weighted by atomic mass is 10.1. The Morgan fingerprint density at radius 1 is 1.52 bits per heavy atom. The number of rotatable bonds is 4. The zero-order valence-electron chi connectivity index (χ0n) is 12.2. The number of carbonyl (C=O) groups is 1. The van der Waals surface area contributed by atoms with Crippen molar-refractivity contribution in [2.45, 2.75) is 38.8 Å². The maximum atomic E-state index is 12.0. The van der Waals surface area contributed by atoms with Crippen LogP contribution in [0.15, 0.2) is 12.1 Å². The number of esters is 1. The predicted octanol–water partition coefficient (Wildman–Crippen LogP) is 2.80. The van der Waals surface area contributed by atoms with E-state index in [1.165, 1.54) is 5.56 Å². The minimum absolute atomic E-state index is 0.116. The van der Waals surface area contributed by atoms with E-state index in [9.17, 15) is 4.79 Å². The Labute approximate surface area is 130 Å². The van der Waals surface area contributed by atoms with E-state index in [2.05, 4.69) is 4.90 Å². The highest BCUT2D eigenvalue weighted by atomic mass is 35.5. The topological polar surface area (TPSA) is 38.8 Å². The molecule has 0 aliphatic carbocycles. The standard InChI is InChI=1S/C16H20ClNO3/c1-2-20-16(19)14-4-3-6-18(14)10-12-9-13(17)8-11-5-7-21-15(11)12/h8-9,14H,2-7,10H2,1H3. The lowest BCUT2D eigenvalue weighted by molar-refractivity contribution is -0.148. The van der Waals surface area contributed by atoms with Gasteiger partial charge in [0.15, 0.2) is 0 Å². The van der Waals surface area contributed by atoms with Crippen LogP contribution in [0.3, 0.4) is 0 Å². The van der Waals surface area contributed by atoms with Crippen LogP contribution in [0.25, 0.3) is 0 Å². The largest absolute Gasteiger partial charge is 0.493 e. The number of carbonyl (C=O) groups excluding carboxylic acids is 1. The van der Waals surface area contributed by atoms with Crippen molar-refractivity contribution in [3.05, 3.63) is 28.3 Å². The molecule has 0 saturated carbocycles. The molecule has 0 N–H and O–H groups in total. The first-order valence-corrected chi connectivity index (χ1v) is 7.91. The van der Waals surface area contributed by atoms with Crippen molar-refractivity contribution in [3.63, 3.8) is 0 Å². The second-order valence-corrected chi connectivity index (χ2v) is 5.97. The molecule has 2 aliphatic heterocycles. The molecule has 0 bridgehead atoms. The Morgan fingerprint density at radius 3 is 3.19 bits per heavy atom. The van der Waals surface area contributed by atoms with Crippen molar-refractivity contribution in [2.24, 2.45) is 0 Å².